The summed E-state index contributed by atoms with van der Waals surface area (Å²) >= 11 is 0. The number of primary amides is 1. The van der Waals surface area contributed by atoms with Crippen LogP contribution >= 0.6 is 0 Å². The number of imidazole rings is 1. The minimum atomic E-state index is -0.660. The normalized spacial score (nSPS) is 12.1. The largest absolute Gasteiger partial charge is 0.364 e. The van der Waals surface area contributed by atoms with Gasteiger partial charge in [-0.2, -0.15) is 0 Å². The summed E-state index contributed by atoms with van der Waals surface area (Å²) in [5.41, 5.74) is 6.44. The first-order valence-corrected chi connectivity index (χ1v) is 10.4. The van der Waals surface area contributed by atoms with E-state index in [2.05, 4.69) is 20.6 Å². The van der Waals surface area contributed by atoms with Gasteiger partial charge >= 0.3 is 5.69 Å². The molecule has 3 heterocycles. The maximum absolute atomic E-state index is 12.5. The van der Waals surface area contributed by atoms with Crippen LogP contribution in [0.1, 0.15) is 35.4 Å². The molecule has 1 aromatic carbocycles. The van der Waals surface area contributed by atoms with E-state index in [0.717, 1.165) is 10.1 Å². The van der Waals surface area contributed by atoms with E-state index < -0.39 is 17.2 Å². The van der Waals surface area contributed by atoms with Gasteiger partial charge in [0.05, 0.1) is 24.3 Å². The van der Waals surface area contributed by atoms with Gasteiger partial charge in [0, 0.05) is 27.1 Å². The number of aryl methyl sites for hydroxylation is 2. The molecular weight excluding hydrogens is 442 g/mol. The number of nitrogens with one attached hydrogen (secondary N) is 1. The second-order valence-electron chi connectivity index (χ2n) is 7.86. The van der Waals surface area contributed by atoms with Crippen molar-refractivity contribution in [3.63, 3.8) is 0 Å². The molecule has 0 aliphatic rings. The van der Waals surface area contributed by atoms with Crippen LogP contribution in [0.2, 0.25) is 0 Å². The molecule has 0 aliphatic carbocycles. The third-order valence-electron chi connectivity index (χ3n) is 5.58. The molecule has 0 fully saturated rings. The zero-order valence-corrected chi connectivity index (χ0v) is 18.8. The van der Waals surface area contributed by atoms with Crippen LogP contribution in [0.25, 0.3) is 16.9 Å². The van der Waals surface area contributed by atoms with Gasteiger partial charge in [-0.3, -0.25) is 23.5 Å². The Morgan fingerprint density at radius 3 is 2.47 bits per heavy atom. The molecule has 0 saturated heterocycles. The van der Waals surface area contributed by atoms with Crippen molar-refractivity contribution in [3.05, 3.63) is 68.9 Å². The van der Waals surface area contributed by atoms with E-state index in [9.17, 15) is 19.2 Å². The molecule has 4 rings (SSSR count). The number of nitrogens with zero attached hydrogens (tertiary/aromatic N) is 7. The topological polar surface area (TPSA) is 165 Å². The summed E-state index contributed by atoms with van der Waals surface area (Å²) in [6.07, 6.45) is 3.01. The molecule has 176 valence electrons. The van der Waals surface area contributed by atoms with E-state index >= 15 is 0 Å². The number of hydrogen-bond donors (Lipinski definition) is 2. The van der Waals surface area contributed by atoms with E-state index in [1.54, 1.807) is 23.7 Å². The van der Waals surface area contributed by atoms with Crippen molar-refractivity contribution in [2.75, 3.05) is 0 Å². The number of fused-ring (bicyclic) bond motifs is 1. The number of aromatic nitrogens is 7. The molecule has 1 atom stereocenters. The summed E-state index contributed by atoms with van der Waals surface area (Å²) in [6, 6.07) is 6.97. The Labute approximate surface area is 192 Å². The predicted octanol–water partition coefficient (Wildman–Crippen LogP) is -0.619. The van der Waals surface area contributed by atoms with Crippen LogP contribution in [0.5, 0.6) is 0 Å². The van der Waals surface area contributed by atoms with Crippen molar-refractivity contribution in [2.45, 2.75) is 25.9 Å². The lowest BCUT2D eigenvalue weighted by molar-refractivity contribution is -0.121. The van der Waals surface area contributed by atoms with Crippen LogP contribution < -0.4 is 22.3 Å². The summed E-state index contributed by atoms with van der Waals surface area (Å²) in [5.74, 6) is -0.866. The first-order valence-electron chi connectivity index (χ1n) is 10.4. The average molecular weight is 465 g/mol. The van der Waals surface area contributed by atoms with E-state index in [1.165, 1.54) is 28.8 Å². The number of rotatable bonds is 7. The molecule has 4 aromatic rings. The number of carbonyl (C=O) groups is 2. The first-order chi connectivity index (χ1) is 16.2. The maximum Gasteiger partial charge on any atom is 0.332 e. The third kappa shape index (κ3) is 4.10. The molecular formula is C21H23N9O4. The molecule has 0 bridgehead atoms. The van der Waals surface area contributed by atoms with Gasteiger partial charge in [0.2, 0.25) is 5.91 Å². The van der Waals surface area contributed by atoms with Crippen molar-refractivity contribution >= 4 is 23.0 Å². The molecule has 1 unspecified atom stereocenters. The van der Waals surface area contributed by atoms with Crippen LogP contribution in [0.4, 0.5) is 0 Å². The Kier molecular flexibility index (Phi) is 5.84. The lowest BCUT2D eigenvalue weighted by atomic mass is 10.1. The Hall–Kier alpha value is -4.55. The lowest BCUT2D eigenvalue weighted by Crippen LogP contribution is -2.37. The fourth-order valence-electron chi connectivity index (χ4n) is 3.60. The lowest BCUT2D eigenvalue weighted by Gasteiger charge is -2.15. The molecule has 0 aliphatic heterocycles. The Morgan fingerprint density at radius 2 is 1.82 bits per heavy atom. The fourth-order valence-corrected chi connectivity index (χ4v) is 3.60. The van der Waals surface area contributed by atoms with Crippen molar-refractivity contribution in [1.82, 2.24) is 39.0 Å². The molecule has 13 nitrogen and oxygen atoms in total. The summed E-state index contributed by atoms with van der Waals surface area (Å²) in [5, 5.41) is 10.5. The standard InChI is InChI=1S/C21H23N9O4/c1-12(13-4-6-14(7-5-13)30-10-15(18(22)32)25-26-30)24-16(31)8-9-29-11-23-19-17(29)20(33)28(3)21(34)27(19)2/h4-7,10-12H,8-9H2,1-3H3,(H2,22,32)(H,24,31). The fraction of sp³-hybridized carbons (Fsp3) is 0.286. The number of benzene rings is 1. The molecule has 2 amide bonds. The van der Waals surface area contributed by atoms with E-state index in [1.807, 2.05) is 19.1 Å². The van der Waals surface area contributed by atoms with Gasteiger partial charge in [-0.25, -0.2) is 14.5 Å². The Balaban J connectivity index is 1.41. The predicted molar refractivity (Wildman–Crippen MR) is 121 cm³/mol. The Morgan fingerprint density at radius 1 is 1.12 bits per heavy atom. The van der Waals surface area contributed by atoms with Crippen molar-refractivity contribution < 1.29 is 9.59 Å². The van der Waals surface area contributed by atoms with Gasteiger partial charge in [-0.05, 0) is 24.6 Å². The van der Waals surface area contributed by atoms with Gasteiger partial charge < -0.3 is 15.6 Å². The van der Waals surface area contributed by atoms with Crippen LogP contribution in [0.15, 0.2) is 46.4 Å². The second kappa shape index (κ2) is 8.77. The molecule has 0 saturated carbocycles. The van der Waals surface area contributed by atoms with Crippen molar-refractivity contribution in [2.24, 2.45) is 19.8 Å². The highest BCUT2D eigenvalue weighted by molar-refractivity contribution is 5.90. The SMILES string of the molecule is CC(NC(=O)CCn1cnc2c1c(=O)n(C)c(=O)n2C)c1ccc(-n2cc(C(N)=O)nn2)cc1. The molecule has 34 heavy (non-hydrogen) atoms. The van der Waals surface area contributed by atoms with Crippen molar-refractivity contribution in [1.29, 1.82) is 0 Å². The minimum absolute atomic E-state index is 0.0652. The van der Waals surface area contributed by atoms with Crippen LogP contribution in [-0.4, -0.2) is 45.5 Å². The monoisotopic (exact) mass is 465 g/mol. The van der Waals surface area contributed by atoms with Gasteiger partial charge in [0.1, 0.15) is 0 Å². The second-order valence-corrected chi connectivity index (χ2v) is 7.86. The summed E-state index contributed by atoms with van der Waals surface area (Å²) < 4.78 is 5.32. The van der Waals surface area contributed by atoms with Crippen molar-refractivity contribution in [3.8, 4) is 5.69 Å². The molecule has 3 N–H and O–H groups in total. The summed E-state index contributed by atoms with van der Waals surface area (Å²) in [4.78, 5) is 52.4. The molecule has 0 spiro atoms. The minimum Gasteiger partial charge on any atom is -0.364 e. The molecule has 3 aromatic heterocycles. The van der Waals surface area contributed by atoms with Crippen LogP contribution in [-0.2, 0) is 25.4 Å². The summed E-state index contributed by atoms with van der Waals surface area (Å²) in [6.45, 7) is 2.08. The molecule has 13 heteroatoms. The van der Waals surface area contributed by atoms with Gasteiger partial charge in [-0.15, -0.1) is 5.10 Å². The molecule has 0 radical (unpaired) electrons. The van der Waals surface area contributed by atoms with Gasteiger partial charge in [-0.1, -0.05) is 17.3 Å². The zero-order chi connectivity index (χ0) is 24.6. The van der Waals surface area contributed by atoms with Crippen LogP contribution in [0, 0.1) is 0 Å². The third-order valence-corrected chi connectivity index (χ3v) is 5.58. The van der Waals surface area contributed by atoms with E-state index in [4.69, 9.17) is 5.73 Å². The highest BCUT2D eigenvalue weighted by Gasteiger charge is 2.16. The summed E-state index contributed by atoms with van der Waals surface area (Å²) in [7, 11) is 2.95. The Bertz CT molecular complexity index is 1510. The van der Waals surface area contributed by atoms with Crippen LogP contribution in [0.3, 0.4) is 0 Å². The maximum atomic E-state index is 12.5. The van der Waals surface area contributed by atoms with E-state index in [-0.39, 0.29) is 41.8 Å². The number of carbonyl (C=O) groups excluding carboxylic acids is 2. The highest BCUT2D eigenvalue weighted by atomic mass is 16.2. The van der Waals surface area contributed by atoms with E-state index in [0.29, 0.717) is 5.69 Å². The smallest absolute Gasteiger partial charge is 0.332 e. The zero-order valence-electron chi connectivity index (χ0n) is 18.8. The number of hydrogen-bond acceptors (Lipinski definition) is 7. The quantitative estimate of drug-likeness (QED) is 0.367. The first kappa shape index (κ1) is 22.6. The van der Waals surface area contributed by atoms with Gasteiger partial charge in [0.25, 0.3) is 11.5 Å². The van der Waals surface area contributed by atoms with Gasteiger partial charge in [0.15, 0.2) is 16.9 Å². The number of nitrogens with two attached hydrogens (primary N) is 1. The number of amides is 2. The average Bonchev–Trinajstić information content (AvgIpc) is 3.48. The highest BCUT2D eigenvalue weighted by Crippen LogP contribution is 2.16.